The zero-order valence-electron chi connectivity index (χ0n) is 9.16. The summed E-state index contributed by atoms with van der Waals surface area (Å²) in [4.78, 5) is 0. The summed E-state index contributed by atoms with van der Waals surface area (Å²) in [5.74, 6) is 1.46. The van der Waals surface area contributed by atoms with Crippen LogP contribution in [-0.4, -0.2) is 12.6 Å². The van der Waals surface area contributed by atoms with Gasteiger partial charge in [-0.2, -0.15) is 0 Å². The van der Waals surface area contributed by atoms with E-state index in [1.807, 2.05) is 19.1 Å². The van der Waals surface area contributed by atoms with E-state index in [1.165, 1.54) is 5.56 Å². The fraction of sp³-hybridized carbons (Fsp3) is 0.500. The molecule has 0 aliphatic heterocycles. The molecule has 0 aliphatic rings. The van der Waals surface area contributed by atoms with Crippen LogP contribution >= 0.6 is 0 Å². The van der Waals surface area contributed by atoms with E-state index in [-0.39, 0.29) is 6.04 Å². The highest BCUT2D eigenvalue weighted by molar-refractivity contribution is 5.28. The minimum absolute atomic E-state index is 0.0831. The third-order valence-electron chi connectivity index (χ3n) is 2.06. The van der Waals surface area contributed by atoms with Crippen LogP contribution in [0, 0.1) is 0 Å². The second-order valence-electron chi connectivity index (χ2n) is 4.01. The molecule has 0 aromatic heterocycles. The number of benzene rings is 1. The van der Waals surface area contributed by atoms with Crippen molar-refractivity contribution >= 4 is 0 Å². The van der Waals surface area contributed by atoms with E-state index in [1.54, 1.807) is 0 Å². The first-order valence-electron chi connectivity index (χ1n) is 5.08. The van der Waals surface area contributed by atoms with Crippen LogP contribution in [0.5, 0.6) is 5.75 Å². The summed E-state index contributed by atoms with van der Waals surface area (Å²) in [6.07, 6.45) is 0. The maximum atomic E-state index is 5.59. The minimum atomic E-state index is 0.0831. The standard InChI is InChI=1S/C12H19NO/c1-9(2)11-4-6-12(7-5-11)14-8-10(3)13/h4-7,9-10H,8,13H2,1-3H3/t10-/m0/s1. The Kier molecular flexibility index (Phi) is 3.96. The van der Waals surface area contributed by atoms with Crippen LogP contribution in [0.4, 0.5) is 0 Å². The third-order valence-corrected chi connectivity index (χ3v) is 2.06. The van der Waals surface area contributed by atoms with Gasteiger partial charge < -0.3 is 10.5 Å². The van der Waals surface area contributed by atoms with Crippen LogP contribution < -0.4 is 10.5 Å². The molecule has 0 radical (unpaired) electrons. The van der Waals surface area contributed by atoms with Crippen molar-refractivity contribution in [3.8, 4) is 5.75 Å². The molecular formula is C12H19NO. The lowest BCUT2D eigenvalue weighted by molar-refractivity contribution is 0.296. The summed E-state index contributed by atoms with van der Waals surface area (Å²) in [7, 11) is 0. The summed E-state index contributed by atoms with van der Waals surface area (Å²) < 4.78 is 5.48. The molecular weight excluding hydrogens is 174 g/mol. The third kappa shape index (κ3) is 3.38. The van der Waals surface area contributed by atoms with Gasteiger partial charge >= 0.3 is 0 Å². The van der Waals surface area contributed by atoms with Crippen molar-refractivity contribution in [2.75, 3.05) is 6.61 Å². The van der Waals surface area contributed by atoms with E-state index in [0.29, 0.717) is 12.5 Å². The van der Waals surface area contributed by atoms with E-state index in [9.17, 15) is 0 Å². The summed E-state index contributed by atoms with van der Waals surface area (Å²) >= 11 is 0. The summed E-state index contributed by atoms with van der Waals surface area (Å²) in [5.41, 5.74) is 6.92. The quantitative estimate of drug-likeness (QED) is 0.797. The molecule has 2 heteroatoms. The lowest BCUT2D eigenvalue weighted by Gasteiger charge is -2.10. The van der Waals surface area contributed by atoms with Crippen molar-refractivity contribution in [3.05, 3.63) is 29.8 Å². The van der Waals surface area contributed by atoms with E-state index in [4.69, 9.17) is 10.5 Å². The maximum absolute atomic E-state index is 5.59. The molecule has 1 atom stereocenters. The predicted molar refractivity (Wildman–Crippen MR) is 59.7 cm³/mol. The first kappa shape index (κ1) is 11.1. The average molecular weight is 193 g/mol. The molecule has 2 nitrogen and oxygen atoms in total. The molecule has 0 unspecified atom stereocenters. The Morgan fingerprint density at radius 1 is 1.14 bits per heavy atom. The van der Waals surface area contributed by atoms with Crippen LogP contribution in [0.15, 0.2) is 24.3 Å². The van der Waals surface area contributed by atoms with Crippen LogP contribution in [0.25, 0.3) is 0 Å². The molecule has 0 saturated heterocycles. The summed E-state index contributed by atoms with van der Waals surface area (Å²) in [6, 6.07) is 8.28. The lowest BCUT2D eigenvalue weighted by atomic mass is 10.0. The number of hydrogen-bond acceptors (Lipinski definition) is 2. The van der Waals surface area contributed by atoms with Crippen molar-refractivity contribution in [1.29, 1.82) is 0 Å². The molecule has 1 rings (SSSR count). The zero-order chi connectivity index (χ0) is 10.6. The van der Waals surface area contributed by atoms with Crippen LogP contribution in [0.1, 0.15) is 32.3 Å². The van der Waals surface area contributed by atoms with Gasteiger partial charge in [-0.15, -0.1) is 0 Å². The molecule has 1 aromatic carbocycles. The molecule has 0 saturated carbocycles. The fourth-order valence-corrected chi connectivity index (χ4v) is 1.18. The molecule has 0 heterocycles. The minimum Gasteiger partial charge on any atom is -0.492 e. The van der Waals surface area contributed by atoms with Gasteiger partial charge in [0.2, 0.25) is 0 Å². The van der Waals surface area contributed by atoms with E-state index >= 15 is 0 Å². The van der Waals surface area contributed by atoms with Gasteiger partial charge in [0.15, 0.2) is 0 Å². The second kappa shape index (κ2) is 5.01. The molecule has 0 fully saturated rings. The highest BCUT2D eigenvalue weighted by Crippen LogP contribution is 2.18. The van der Waals surface area contributed by atoms with E-state index in [2.05, 4.69) is 26.0 Å². The van der Waals surface area contributed by atoms with Gasteiger partial charge in [-0.3, -0.25) is 0 Å². The molecule has 0 spiro atoms. The Morgan fingerprint density at radius 3 is 2.14 bits per heavy atom. The second-order valence-corrected chi connectivity index (χ2v) is 4.01. The van der Waals surface area contributed by atoms with Gasteiger partial charge in [0.05, 0.1) is 0 Å². The summed E-state index contributed by atoms with van der Waals surface area (Å²) in [6.45, 7) is 6.86. The molecule has 1 aromatic rings. The topological polar surface area (TPSA) is 35.2 Å². The molecule has 0 aliphatic carbocycles. The Labute approximate surface area is 86.1 Å². The van der Waals surface area contributed by atoms with Crippen molar-refractivity contribution in [2.24, 2.45) is 5.73 Å². The van der Waals surface area contributed by atoms with Crippen molar-refractivity contribution < 1.29 is 4.74 Å². The summed E-state index contributed by atoms with van der Waals surface area (Å²) in [5, 5.41) is 0. The largest absolute Gasteiger partial charge is 0.492 e. The highest BCUT2D eigenvalue weighted by Gasteiger charge is 2.00. The average Bonchev–Trinajstić information content (AvgIpc) is 2.15. The van der Waals surface area contributed by atoms with Crippen LogP contribution in [-0.2, 0) is 0 Å². The van der Waals surface area contributed by atoms with Crippen molar-refractivity contribution in [2.45, 2.75) is 32.7 Å². The Balaban J connectivity index is 2.55. The lowest BCUT2D eigenvalue weighted by Crippen LogP contribution is -2.23. The van der Waals surface area contributed by atoms with Crippen molar-refractivity contribution in [3.63, 3.8) is 0 Å². The van der Waals surface area contributed by atoms with Gasteiger partial charge in [0, 0.05) is 6.04 Å². The van der Waals surface area contributed by atoms with E-state index < -0.39 is 0 Å². The first-order chi connectivity index (χ1) is 6.59. The molecule has 14 heavy (non-hydrogen) atoms. The molecule has 78 valence electrons. The Morgan fingerprint density at radius 2 is 1.71 bits per heavy atom. The number of hydrogen-bond donors (Lipinski definition) is 1. The monoisotopic (exact) mass is 193 g/mol. The van der Waals surface area contributed by atoms with Crippen LogP contribution in [0.3, 0.4) is 0 Å². The van der Waals surface area contributed by atoms with Gasteiger partial charge in [-0.05, 0) is 30.5 Å². The first-order valence-corrected chi connectivity index (χ1v) is 5.08. The van der Waals surface area contributed by atoms with E-state index in [0.717, 1.165) is 5.75 Å². The highest BCUT2D eigenvalue weighted by atomic mass is 16.5. The predicted octanol–water partition coefficient (Wildman–Crippen LogP) is 2.54. The normalized spacial score (nSPS) is 12.9. The number of nitrogens with two attached hydrogens (primary N) is 1. The molecule has 0 amide bonds. The number of ether oxygens (including phenoxy) is 1. The van der Waals surface area contributed by atoms with Gasteiger partial charge in [-0.1, -0.05) is 26.0 Å². The fourth-order valence-electron chi connectivity index (χ4n) is 1.18. The number of rotatable bonds is 4. The van der Waals surface area contributed by atoms with Crippen molar-refractivity contribution in [1.82, 2.24) is 0 Å². The van der Waals surface area contributed by atoms with Gasteiger partial charge in [-0.25, -0.2) is 0 Å². The molecule has 2 N–H and O–H groups in total. The molecule has 0 bridgehead atoms. The smallest absolute Gasteiger partial charge is 0.119 e. The van der Waals surface area contributed by atoms with Gasteiger partial charge in [0.1, 0.15) is 12.4 Å². The SMILES string of the molecule is CC(C)c1ccc(OC[C@H](C)N)cc1. The van der Waals surface area contributed by atoms with Crippen LogP contribution in [0.2, 0.25) is 0 Å². The van der Waals surface area contributed by atoms with Gasteiger partial charge in [0.25, 0.3) is 0 Å². The maximum Gasteiger partial charge on any atom is 0.119 e. The zero-order valence-corrected chi connectivity index (χ0v) is 9.16. The Hall–Kier alpha value is -1.02. The Bertz CT molecular complexity index is 264.